The molecule has 1 N–H and O–H groups in total. The van der Waals surface area contributed by atoms with Gasteiger partial charge in [-0.25, -0.2) is 9.78 Å². The van der Waals surface area contributed by atoms with E-state index in [1.807, 2.05) is 0 Å². The van der Waals surface area contributed by atoms with Crippen LogP contribution in [0.3, 0.4) is 0 Å². The molecule has 0 bridgehead atoms. The van der Waals surface area contributed by atoms with Crippen molar-refractivity contribution in [2.45, 2.75) is 0 Å². The van der Waals surface area contributed by atoms with Crippen molar-refractivity contribution in [3.8, 4) is 0 Å². The lowest BCUT2D eigenvalue weighted by molar-refractivity contribution is 0.0696. The van der Waals surface area contributed by atoms with E-state index < -0.39 is 5.97 Å². The van der Waals surface area contributed by atoms with E-state index >= 15 is 0 Å². The Morgan fingerprint density at radius 2 is 2.36 bits per heavy atom. The van der Waals surface area contributed by atoms with E-state index in [1.54, 1.807) is 12.2 Å². The lowest BCUT2D eigenvalue weighted by Gasteiger charge is -1.98. The molecular weight excluding hydrogens is 225 g/mol. The summed E-state index contributed by atoms with van der Waals surface area (Å²) in [4.78, 5) is 14.4. The molecule has 0 amide bonds. The van der Waals surface area contributed by atoms with Crippen LogP contribution in [0.1, 0.15) is 15.9 Å². The Hall–Kier alpha value is -1.06. The van der Waals surface area contributed by atoms with Crippen LogP contribution < -0.4 is 0 Å². The number of hydrogen-bond donors (Lipinski definition) is 1. The molecule has 1 heterocycles. The maximum Gasteiger partial charge on any atom is 0.338 e. The fourth-order valence-electron chi connectivity index (χ4n) is 0.886. The molecule has 0 atom stereocenters. The van der Waals surface area contributed by atoms with Gasteiger partial charge in [-0.2, -0.15) is 0 Å². The Labute approximate surface area is 91.0 Å². The fraction of sp³-hybridized carbons (Fsp3) is 0.111. The predicted molar refractivity (Wildman–Crippen MR) is 56.0 cm³/mol. The third-order valence-electron chi connectivity index (χ3n) is 1.49. The number of aromatic nitrogens is 1. The summed E-state index contributed by atoms with van der Waals surface area (Å²) in [5.74, 6) is -0.728. The van der Waals surface area contributed by atoms with Crippen LogP contribution in [0.15, 0.2) is 18.3 Å². The van der Waals surface area contributed by atoms with Gasteiger partial charge in [-0.15, -0.1) is 11.6 Å². The van der Waals surface area contributed by atoms with Gasteiger partial charge in [-0.05, 0) is 11.6 Å². The summed E-state index contributed by atoms with van der Waals surface area (Å²) in [5.41, 5.74) is 0.649. The predicted octanol–water partition coefficient (Wildman–Crippen LogP) is 2.69. The van der Waals surface area contributed by atoms with Crippen LogP contribution in [0.2, 0.25) is 5.15 Å². The van der Waals surface area contributed by atoms with Gasteiger partial charge in [0.2, 0.25) is 0 Å². The highest BCUT2D eigenvalue weighted by molar-refractivity contribution is 6.32. The van der Waals surface area contributed by atoms with Crippen LogP contribution in [-0.2, 0) is 0 Å². The number of alkyl halides is 1. The zero-order valence-electron chi connectivity index (χ0n) is 7.08. The first kappa shape index (κ1) is 11.0. The highest BCUT2D eigenvalue weighted by Gasteiger charge is 2.09. The van der Waals surface area contributed by atoms with Gasteiger partial charge in [0.1, 0.15) is 5.15 Å². The van der Waals surface area contributed by atoms with Crippen molar-refractivity contribution in [1.82, 2.24) is 4.98 Å². The number of carboxylic acids is 1. The van der Waals surface area contributed by atoms with E-state index in [4.69, 9.17) is 28.3 Å². The van der Waals surface area contributed by atoms with Crippen molar-refractivity contribution < 1.29 is 9.90 Å². The number of nitrogens with zero attached hydrogens (tertiary/aromatic N) is 1. The normalized spacial score (nSPS) is 10.7. The van der Waals surface area contributed by atoms with E-state index in [0.717, 1.165) is 0 Å². The molecule has 0 radical (unpaired) electrons. The number of rotatable bonds is 3. The molecule has 0 spiro atoms. The molecule has 1 rings (SSSR count). The topological polar surface area (TPSA) is 50.2 Å². The summed E-state index contributed by atoms with van der Waals surface area (Å²) in [6, 6.07) is 1.45. The zero-order chi connectivity index (χ0) is 10.6. The van der Waals surface area contributed by atoms with E-state index in [9.17, 15) is 4.79 Å². The minimum atomic E-state index is -1.09. The van der Waals surface area contributed by atoms with Gasteiger partial charge < -0.3 is 5.11 Å². The second-order valence-corrected chi connectivity index (χ2v) is 3.14. The van der Waals surface area contributed by atoms with Crippen LogP contribution >= 0.6 is 23.2 Å². The van der Waals surface area contributed by atoms with Gasteiger partial charge >= 0.3 is 5.97 Å². The average Bonchev–Trinajstić information content (AvgIpc) is 2.16. The number of carbonyl (C=O) groups is 1. The van der Waals surface area contributed by atoms with Crippen LogP contribution in [0.25, 0.3) is 6.08 Å². The SMILES string of the molecule is O=C(O)c1cc(C=CCCl)cnc1Cl. The van der Waals surface area contributed by atoms with Gasteiger partial charge in [0.05, 0.1) is 5.56 Å². The largest absolute Gasteiger partial charge is 0.478 e. The summed E-state index contributed by atoms with van der Waals surface area (Å²) in [6.45, 7) is 0. The van der Waals surface area contributed by atoms with E-state index in [2.05, 4.69) is 4.98 Å². The average molecular weight is 232 g/mol. The molecule has 0 fully saturated rings. The van der Waals surface area contributed by atoms with Crippen LogP contribution in [0.5, 0.6) is 0 Å². The molecular formula is C9H7Cl2NO2. The first-order valence-corrected chi connectivity index (χ1v) is 4.67. The highest BCUT2D eigenvalue weighted by Crippen LogP contribution is 2.15. The van der Waals surface area contributed by atoms with Crippen molar-refractivity contribution >= 4 is 35.2 Å². The number of aromatic carboxylic acids is 1. The Balaban J connectivity index is 3.06. The molecule has 0 aliphatic carbocycles. The molecule has 1 aromatic rings. The molecule has 3 nitrogen and oxygen atoms in total. The summed E-state index contributed by atoms with van der Waals surface area (Å²) in [6.07, 6.45) is 4.86. The first-order chi connectivity index (χ1) is 6.65. The van der Waals surface area contributed by atoms with Crippen LogP contribution in [0, 0.1) is 0 Å². The molecule has 5 heteroatoms. The monoisotopic (exact) mass is 231 g/mol. The minimum absolute atomic E-state index is 0.0108. The standard InChI is InChI=1S/C9H7Cl2NO2/c10-3-1-2-6-4-7(9(13)14)8(11)12-5-6/h1-2,4-5H,3H2,(H,13,14). The summed E-state index contributed by atoms with van der Waals surface area (Å²) >= 11 is 11.0. The molecule has 0 saturated carbocycles. The van der Waals surface area contributed by atoms with Gasteiger partial charge in [0.15, 0.2) is 0 Å². The molecule has 14 heavy (non-hydrogen) atoms. The maximum absolute atomic E-state index is 10.7. The third kappa shape index (κ3) is 2.72. The van der Waals surface area contributed by atoms with Crippen LogP contribution in [0.4, 0.5) is 0 Å². The Kier molecular flexibility index (Phi) is 3.92. The van der Waals surface area contributed by atoms with E-state index in [0.29, 0.717) is 11.4 Å². The van der Waals surface area contributed by atoms with Gasteiger partial charge in [-0.3, -0.25) is 0 Å². The zero-order valence-corrected chi connectivity index (χ0v) is 8.59. The van der Waals surface area contributed by atoms with E-state index in [1.165, 1.54) is 12.3 Å². The molecule has 1 aromatic heterocycles. The highest BCUT2D eigenvalue weighted by atomic mass is 35.5. The summed E-state index contributed by atoms with van der Waals surface area (Å²) < 4.78 is 0. The van der Waals surface area contributed by atoms with Crippen molar-refractivity contribution in [3.05, 3.63) is 34.6 Å². The number of halogens is 2. The molecule has 0 saturated heterocycles. The van der Waals surface area contributed by atoms with Crippen molar-refractivity contribution in [1.29, 1.82) is 0 Å². The van der Waals surface area contributed by atoms with Gasteiger partial charge in [0.25, 0.3) is 0 Å². The Bertz CT molecular complexity index is 377. The molecule has 0 aromatic carbocycles. The first-order valence-electron chi connectivity index (χ1n) is 3.76. The quantitative estimate of drug-likeness (QED) is 0.643. The fourth-order valence-corrected chi connectivity index (χ4v) is 1.16. The van der Waals surface area contributed by atoms with Crippen molar-refractivity contribution in [2.24, 2.45) is 0 Å². The van der Waals surface area contributed by atoms with Crippen LogP contribution in [-0.4, -0.2) is 21.9 Å². The number of hydrogen-bond acceptors (Lipinski definition) is 2. The maximum atomic E-state index is 10.7. The van der Waals surface area contributed by atoms with Gasteiger partial charge in [0, 0.05) is 12.1 Å². The Morgan fingerprint density at radius 1 is 1.64 bits per heavy atom. The molecule has 74 valence electrons. The van der Waals surface area contributed by atoms with Gasteiger partial charge in [-0.1, -0.05) is 23.8 Å². The number of pyridine rings is 1. The summed E-state index contributed by atoms with van der Waals surface area (Å²) in [5, 5.41) is 8.73. The smallest absolute Gasteiger partial charge is 0.338 e. The third-order valence-corrected chi connectivity index (χ3v) is 1.97. The van der Waals surface area contributed by atoms with Crippen molar-refractivity contribution in [3.63, 3.8) is 0 Å². The number of allylic oxidation sites excluding steroid dienone is 1. The second kappa shape index (κ2) is 4.98. The lowest BCUT2D eigenvalue weighted by Crippen LogP contribution is -1.99. The Morgan fingerprint density at radius 3 is 2.93 bits per heavy atom. The molecule has 0 aliphatic heterocycles. The van der Waals surface area contributed by atoms with E-state index in [-0.39, 0.29) is 10.7 Å². The molecule has 0 aliphatic rings. The molecule has 0 unspecified atom stereocenters. The number of carboxylic acid groups (broad SMARTS) is 1. The summed E-state index contributed by atoms with van der Waals surface area (Å²) in [7, 11) is 0. The lowest BCUT2D eigenvalue weighted by atomic mass is 10.2. The minimum Gasteiger partial charge on any atom is -0.478 e. The second-order valence-electron chi connectivity index (χ2n) is 2.47. The van der Waals surface area contributed by atoms with Crippen molar-refractivity contribution in [2.75, 3.05) is 5.88 Å².